The van der Waals surface area contributed by atoms with Gasteiger partial charge < -0.3 is 5.32 Å². The number of hydrogen-bond donors (Lipinski definition) is 2. The Kier molecular flexibility index (Phi) is 10.3. The molecule has 0 aliphatic rings. The van der Waals surface area contributed by atoms with E-state index >= 15 is 0 Å². The Labute approximate surface area is 239 Å². The van der Waals surface area contributed by atoms with Crippen LogP contribution in [-0.2, 0) is 10.0 Å². The summed E-state index contributed by atoms with van der Waals surface area (Å²) in [5, 5.41) is 6.31. The summed E-state index contributed by atoms with van der Waals surface area (Å²) in [4.78, 5) is 13.8. The molecule has 4 rings (SSSR count). The summed E-state index contributed by atoms with van der Waals surface area (Å²) in [5.41, 5.74) is 1.46. The molecule has 0 aliphatic heterocycles. The molecular formula is C33H37N2O3PS. The Balaban J connectivity index is 1.60. The minimum atomic E-state index is -3.67. The van der Waals surface area contributed by atoms with Gasteiger partial charge in [-0.3, -0.25) is 4.79 Å². The molecule has 7 heteroatoms. The van der Waals surface area contributed by atoms with Crippen LogP contribution >= 0.6 is 7.92 Å². The van der Waals surface area contributed by atoms with Crippen LogP contribution in [0.15, 0.2) is 115 Å². The first-order valence-electron chi connectivity index (χ1n) is 13.6. The molecule has 0 aliphatic carbocycles. The average Bonchev–Trinajstić information content (AvgIpc) is 2.94. The Morgan fingerprint density at radius 2 is 1.23 bits per heavy atom. The Hall–Kier alpha value is -3.31. The number of carbonyl (C=O) groups is 1. The molecule has 0 unspecified atom stereocenters. The van der Waals surface area contributed by atoms with Gasteiger partial charge in [-0.1, -0.05) is 123 Å². The predicted octanol–water partition coefficient (Wildman–Crippen LogP) is 5.27. The maximum Gasteiger partial charge on any atom is 0.252 e. The highest BCUT2D eigenvalue weighted by Gasteiger charge is 2.27. The number of nitrogens with one attached hydrogen (secondary N) is 2. The van der Waals surface area contributed by atoms with Crippen molar-refractivity contribution in [3.05, 3.63) is 126 Å². The highest BCUT2D eigenvalue weighted by atomic mass is 32.2. The molecule has 0 heterocycles. The molecule has 0 radical (unpaired) electrons. The predicted molar refractivity (Wildman–Crippen MR) is 168 cm³/mol. The van der Waals surface area contributed by atoms with Crippen molar-refractivity contribution in [1.82, 2.24) is 10.0 Å². The maximum atomic E-state index is 13.8. The van der Waals surface area contributed by atoms with Gasteiger partial charge in [0.2, 0.25) is 10.0 Å². The minimum Gasteiger partial charge on any atom is -0.348 e. The Morgan fingerprint density at radius 3 is 1.77 bits per heavy atom. The molecule has 0 bridgehead atoms. The monoisotopic (exact) mass is 572 g/mol. The van der Waals surface area contributed by atoms with E-state index in [1.165, 1.54) is 0 Å². The zero-order chi connectivity index (χ0) is 28.5. The number of rotatable bonds is 12. The number of benzene rings is 4. The van der Waals surface area contributed by atoms with Gasteiger partial charge in [0.05, 0.1) is 5.75 Å². The molecule has 0 aromatic heterocycles. The van der Waals surface area contributed by atoms with Gasteiger partial charge >= 0.3 is 0 Å². The normalized spacial score (nSPS) is 13.2. The third-order valence-electron chi connectivity index (χ3n) is 6.59. The highest BCUT2D eigenvalue weighted by Crippen LogP contribution is 2.34. The van der Waals surface area contributed by atoms with Gasteiger partial charge in [-0.05, 0) is 54.7 Å². The van der Waals surface area contributed by atoms with Gasteiger partial charge in [0.15, 0.2) is 0 Å². The molecule has 5 nitrogen and oxygen atoms in total. The van der Waals surface area contributed by atoms with Gasteiger partial charge in [-0.2, -0.15) is 0 Å². The molecule has 0 saturated carbocycles. The van der Waals surface area contributed by atoms with E-state index in [0.29, 0.717) is 12.0 Å². The molecule has 0 spiro atoms. The van der Waals surface area contributed by atoms with Crippen LogP contribution < -0.4 is 26.0 Å². The van der Waals surface area contributed by atoms with Crippen LogP contribution in [0.1, 0.15) is 49.2 Å². The molecule has 2 N–H and O–H groups in total. The van der Waals surface area contributed by atoms with Crippen LogP contribution in [0.5, 0.6) is 0 Å². The molecular weight excluding hydrogens is 535 g/mol. The smallest absolute Gasteiger partial charge is 0.252 e. The van der Waals surface area contributed by atoms with Gasteiger partial charge in [-0.25, -0.2) is 13.1 Å². The van der Waals surface area contributed by atoms with Crippen molar-refractivity contribution in [2.24, 2.45) is 5.92 Å². The van der Waals surface area contributed by atoms with Crippen LogP contribution in [0, 0.1) is 5.92 Å². The molecule has 1 amide bonds. The Morgan fingerprint density at radius 1 is 0.725 bits per heavy atom. The second-order valence-electron chi connectivity index (χ2n) is 10.4. The van der Waals surface area contributed by atoms with E-state index in [9.17, 15) is 13.2 Å². The molecule has 4 aromatic carbocycles. The standard InChI is InChI=1S/C33H37N2O3PS/c1-25(2)23-28(24-40(37,38)35-26(3)27-15-7-4-8-16-27)34-33(36)31-21-13-14-22-32(31)39(29-17-9-5-10-18-29)30-19-11-6-12-20-30/h4-22,25-26,28,35H,23-24H2,1-3H3,(H,34,36)/t26-,28-/m0/s1. The van der Waals surface area contributed by atoms with E-state index < -0.39 is 24.0 Å². The summed E-state index contributed by atoms with van der Waals surface area (Å²) < 4.78 is 29.2. The Bertz CT molecular complexity index is 1440. The lowest BCUT2D eigenvalue weighted by Crippen LogP contribution is -2.45. The average molecular weight is 573 g/mol. The van der Waals surface area contributed by atoms with Gasteiger partial charge in [0, 0.05) is 17.6 Å². The first-order chi connectivity index (χ1) is 19.2. The summed E-state index contributed by atoms with van der Waals surface area (Å²) in [6.45, 7) is 5.89. The quantitative estimate of drug-likeness (QED) is 0.227. The van der Waals surface area contributed by atoms with Crippen molar-refractivity contribution in [2.75, 3.05) is 5.75 Å². The minimum absolute atomic E-state index is 0.192. The van der Waals surface area contributed by atoms with E-state index in [4.69, 9.17) is 0 Å². The zero-order valence-corrected chi connectivity index (χ0v) is 24.9. The first kappa shape index (κ1) is 29.7. The van der Waals surface area contributed by atoms with Crippen LogP contribution in [-0.4, -0.2) is 26.1 Å². The first-order valence-corrected chi connectivity index (χ1v) is 16.6. The SMILES string of the molecule is CC(C)C[C@@H](CS(=O)(=O)N[C@@H](C)c1ccccc1)NC(=O)c1ccccc1P(c1ccccc1)c1ccccc1. The molecule has 0 fully saturated rings. The molecule has 40 heavy (non-hydrogen) atoms. The molecule has 208 valence electrons. The number of carbonyl (C=O) groups excluding carboxylic acids is 1. The van der Waals surface area contributed by atoms with Crippen molar-refractivity contribution in [2.45, 2.75) is 39.3 Å². The fraction of sp³-hybridized carbons (Fsp3) is 0.242. The summed E-state index contributed by atoms with van der Waals surface area (Å²) in [6, 6.07) is 36.7. The van der Waals surface area contributed by atoms with Crippen LogP contribution in [0.25, 0.3) is 0 Å². The number of amides is 1. The molecule has 0 saturated heterocycles. The lowest BCUT2D eigenvalue weighted by atomic mass is 10.0. The lowest BCUT2D eigenvalue weighted by Gasteiger charge is -2.25. The van der Waals surface area contributed by atoms with Gasteiger partial charge in [0.1, 0.15) is 0 Å². The zero-order valence-electron chi connectivity index (χ0n) is 23.2. The topological polar surface area (TPSA) is 75.3 Å². The summed E-state index contributed by atoms with van der Waals surface area (Å²) in [7, 11) is -4.67. The lowest BCUT2D eigenvalue weighted by molar-refractivity contribution is 0.0938. The van der Waals surface area contributed by atoms with Crippen molar-refractivity contribution in [3.63, 3.8) is 0 Å². The molecule has 2 atom stereocenters. The van der Waals surface area contributed by atoms with Crippen molar-refractivity contribution >= 4 is 39.8 Å². The fourth-order valence-electron chi connectivity index (χ4n) is 4.83. The number of hydrogen-bond acceptors (Lipinski definition) is 3. The summed E-state index contributed by atoms with van der Waals surface area (Å²) >= 11 is 0. The third kappa shape index (κ3) is 8.11. The highest BCUT2D eigenvalue weighted by molar-refractivity contribution is 7.89. The van der Waals surface area contributed by atoms with Crippen LogP contribution in [0.3, 0.4) is 0 Å². The fourth-order valence-corrected chi connectivity index (χ4v) is 8.80. The van der Waals surface area contributed by atoms with Crippen LogP contribution in [0.4, 0.5) is 0 Å². The van der Waals surface area contributed by atoms with E-state index in [2.05, 4.69) is 34.3 Å². The van der Waals surface area contributed by atoms with Gasteiger partial charge in [-0.15, -0.1) is 0 Å². The summed E-state index contributed by atoms with van der Waals surface area (Å²) in [5.74, 6) is -0.248. The van der Waals surface area contributed by atoms with E-state index in [-0.39, 0.29) is 23.6 Å². The maximum absolute atomic E-state index is 13.8. The largest absolute Gasteiger partial charge is 0.348 e. The van der Waals surface area contributed by atoms with Crippen molar-refractivity contribution < 1.29 is 13.2 Å². The van der Waals surface area contributed by atoms with Crippen LogP contribution in [0.2, 0.25) is 0 Å². The van der Waals surface area contributed by atoms with E-state index in [1.54, 1.807) is 0 Å². The molecule has 4 aromatic rings. The second kappa shape index (κ2) is 13.8. The van der Waals surface area contributed by atoms with Gasteiger partial charge in [0.25, 0.3) is 5.91 Å². The third-order valence-corrected chi connectivity index (χ3v) is 10.6. The number of sulfonamides is 1. The van der Waals surface area contributed by atoms with E-state index in [1.807, 2.05) is 112 Å². The summed E-state index contributed by atoms with van der Waals surface area (Å²) in [6.07, 6.45) is 0.542. The van der Waals surface area contributed by atoms with Crippen molar-refractivity contribution in [1.29, 1.82) is 0 Å². The van der Waals surface area contributed by atoms with E-state index in [0.717, 1.165) is 21.5 Å². The van der Waals surface area contributed by atoms with Crippen molar-refractivity contribution in [3.8, 4) is 0 Å². The second-order valence-corrected chi connectivity index (χ2v) is 14.3.